The van der Waals surface area contributed by atoms with Crippen LogP contribution < -0.4 is 8.79 Å². The average molecular weight is 398 g/mol. The molecule has 0 heterocycles. The molecule has 0 bridgehead atoms. The molecule has 2 atom stereocenters. The zero-order valence-electron chi connectivity index (χ0n) is 15.5. The molecular weight excluding hydrogens is 373 g/mol. The van der Waals surface area contributed by atoms with Gasteiger partial charge in [-0.1, -0.05) is 0 Å². The second-order valence-electron chi connectivity index (χ2n) is 7.43. The van der Waals surface area contributed by atoms with Crippen molar-refractivity contribution < 1.29 is 0 Å². The monoisotopic (exact) mass is 399 g/mol. The third-order valence-corrected chi connectivity index (χ3v) is 13.0. The van der Waals surface area contributed by atoms with Gasteiger partial charge < -0.3 is 0 Å². The van der Waals surface area contributed by atoms with E-state index in [0.717, 1.165) is 0 Å². The SMILES string of the molecule is CC(C)[CH](C1C=Cc2ccccc21)[Ge]([c]1ccccc1)[c]1ccccc1. The first-order valence-electron chi connectivity index (χ1n) is 9.50. The average Bonchev–Trinajstić information content (AvgIpc) is 3.11. The van der Waals surface area contributed by atoms with Crippen LogP contribution in [-0.4, -0.2) is 14.3 Å². The first-order valence-corrected chi connectivity index (χ1v) is 12.8. The zero-order valence-corrected chi connectivity index (χ0v) is 17.6. The van der Waals surface area contributed by atoms with E-state index >= 15 is 0 Å². The van der Waals surface area contributed by atoms with E-state index in [9.17, 15) is 0 Å². The molecule has 3 aromatic carbocycles. The number of allylic oxidation sites excluding steroid dienone is 1. The van der Waals surface area contributed by atoms with Crippen LogP contribution in [0.4, 0.5) is 0 Å². The first kappa shape index (κ1) is 17.4. The minimum absolute atomic E-state index is 0.529. The van der Waals surface area contributed by atoms with Crippen molar-refractivity contribution in [1.82, 2.24) is 0 Å². The quantitative estimate of drug-likeness (QED) is 0.523. The van der Waals surface area contributed by atoms with Crippen LogP contribution in [0.5, 0.6) is 0 Å². The molecule has 4 rings (SSSR count). The fourth-order valence-electron chi connectivity index (χ4n) is 4.30. The summed E-state index contributed by atoms with van der Waals surface area (Å²) >= 11 is -1.74. The van der Waals surface area contributed by atoms with Crippen LogP contribution in [0.1, 0.15) is 30.9 Å². The number of rotatable bonds is 5. The Labute approximate surface area is 161 Å². The molecule has 3 aromatic rings. The van der Waals surface area contributed by atoms with Gasteiger partial charge in [0.05, 0.1) is 0 Å². The zero-order chi connectivity index (χ0) is 17.9. The molecule has 1 aliphatic rings. The molecule has 0 saturated heterocycles. The molecule has 26 heavy (non-hydrogen) atoms. The van der Waals surface area contributed by atoms with E-state index in [1.165, 1.54) is 11.1 Å². The molecule has 0 fully saturated rings. The van der Waals surface area contributed by atoms with Gasteiger partial charge in [-0.05, 0) is 0 Å². The van der Waals surface area contributed by atoms with Crippen molar-refractivity contribution in [2.75, 3.05) is 0 Å². The van der Waals surface area contributed by atoms with E-state index in [2.05, 4.69) is 111 Å². The number of hydrogen-bond donors (Lipinski definition) is 0. The van der Waals surface area contributed by atoms with Gasteiger partial charge in [0.15, 0.2) is 0 Å². The van der Waals surface area contributed by atoms with Gasteiger partial charge >= 0.3 is 162 Å². The molecule has 0 saturated carbocycles. The van der Waals surface area contributed by atoms with Crippen molar-refractivity contribution in [3.8, 4) is 0 Å². The molecular formula is C25H25Ge. The van der Waals surface area contributed by atoms with Gasteiger partial charge in [-0.2, -0.15) is 0 Å². The molecule has 0 aliphatic heterocycles. The van der Waals surface area contributed by atoms with E-state index in [4.69, 9.17) is 0 Å². The molecule has 1 heteroatoms. The van der Waals surface area contributed by atoms with Gasteiger partial charge in [-0.25, -0.2) is 0 Å². The van der Waals surface area contributed by atoms with Crippen molar-refractivity contribution in [1.29, 1.82) is 0 Å². The van der Waals surface area contributed by atoms with Gasteiger partial charge in [-0.3, -0.25) is 0 Å². The van der Waals surface area contributed by atoms with Gasteiger partial charge in [-0.15, -0.1) is 0 Å². The summed E-state index contributed by atoms with van der Waals surface area (Å²) in [6, 6.07) is 31.5. The first-order chi connectivity index (χ1) is 12.8. The third-order valence-electron chi connectivity index (χ3n) is 5.45. The van der Waals surface area contributed by atoms with Crippen molar-refractivity contribution in [3.63, 3.8) is 0 Å². The van der Waals surface area contributed by atoms with Crippen LogP contribution in [0, 0.1) is 5.92 Å². The van der Waals surface area contributed by atoms with Crippen LogP contribution in [0.25, 0.3) is 6.08 Å². The molecule has 0 spiro atoms. The van der Waals surface area contributed by atoms with E-state index in [0.29, 0.717) is 16.6 Å². The summed E-state index contributed by atoms with van der Waals surface area (Å²) in [5.74, 6) is 1.17. The topological polar surface area (TPSA) is 0 Å². The van der Waals surface area contributed by atoms with Crippen LogP contribution in [0.2, 0.25) is 4.75 Å². The van der Waals surface area contributed by atoms with Crippen LogP contribution >= 0.6 is 0 Å². The van der Waals surface area contributed by atoms with Gasteiger partial charge in [0.2, 0.25) is 0 Å². The number of fused-ring (bicyclic) bond motifs is 1. The summed E-state index contributed by atoms with van der Waals surface area (Å²) in [6.45, 7) is 4.83. The fourth-order valence-corrected chi connectivity index (χ4v) is 11.7. The van der Waals surface area contributed by atoms with Crippen molar-refractivity contribution in [2.24, 2.45) is 5.92 Å². The molecule has 0 aromatic heterocycles. The fraction of sp³-hybridized carbons (Fsp3) is 0.200. The summed E-state index contributed by atoms with van der Waals surface area (Å²) in [5.41, 5.74) is 2.92. The maximum absolute atomic E-state index is 2.47. The molecule has 2 unspecified atom stereocenters. The van der Waals surface area contributed by atoms with Gasteiger partial charge in [0, 0.05) is 0 Å². The van der Waals surface area contributed by atoms with E-state index in [1.54, 1.807) is 8.79 Å². The van der Waals surface area contributed by atoms with Crippen LogP contribution in [-0.2, 0) is 0 Å². The Balaban J connectivity index is 1.84. The van der Waals surface area contributed by atoms with E-state index in [1.807, 2.05) is 0 Å². The summed E-state index contributed by atoms with van der Waals surface area (Å²) in [4.78, 5) is 0. The summed E-state index contributed by atoms with van der Waals surface area (Å²) < 4.78 is 3.84. The molecule has 1 radical (unpaired) electrons. The number of hydrogen-bond acceptors (Lipinski definition) is 0. The van der Waals surface area contributed by atoms with Crippen molar-refractivity contribution in [2.45, 2.75) is 24.5 Å². The third kappa shape index (κ3) is 3.31. The van der Waals surface area contributed by atoms with Gasteiger partial charge in [0.1, 0.15) is 0 Å². The van der Waals surface area contributed by atoms with E-state index in [-0.39, 0.29) is 0 Å². The van der Waals surface area contributed by atoms with Crippen molar-refractivity contribution in [3.05, 3.63) is 102 Å². The standard InChI is InChI=1S/C25H25Ge/c1-19(2)25(24-18-17-20-11-9-10-16-23(20)24)26(21-12-5-3-6-13-21)22-14-7-4-8-15-22/h3-19,24-25H,1-2H3. The van der Waals surface area contributed by atoms with Crippen LogP contribution in [0.15, 0.2) is 91.0 Å². The Morgan fingerprint density at radius 1 is 0.692 bits per heavy atom. The van der Waals surface area contributed by atoms with Crippen LogP contribution in [0.3, 0.4) is 0 Å². The Morgan fingerprint density at radius 2 is 1.23 bits per heavy atom. The summed E-state index contributed by atoms with van der Waals surface area (Å²) in [7, 11) is 0. The second kappa shape index (κ2) is 7.67. The van der Waals surface area contributed by atoms with E-state index < -0.39 is 14.3 Å². The Morgan fingerprint density at radius 3 is 1.81 bits per heavy atom. The Kier molecular flexibility index (Phi) is 5.12. The molecule has 0 N–H and O–H groups in total. The van der Waals surface area contributed by atoms with Gasteiger partial charge in [0.25, 0.3) is 0 Å². The maximum atomic E-state index is 2.47. The summed E-state index contributed by atoms with van der Waals surface area (Å²) in [6.07, 6.45) is 4.80. The molecule has 1 aliphatic carbocycles. The minimum atomic E-state index is -1.74. The number of benzene rings is 3. The normalized spacial score (nSPS) is 16.8. The molecule has 129 valence electrons. The second-order valence-corrected chi connectivity index (χ2v) is 13.0. The molecule has 0 amide bonds. The Hall–Kier alpha value is -2.06. The van der Waals surface area contributed by atoms with Crippen molar-refractivity contribution >= 4 is 29.2 Å². The molecule has 0 nitrogen and oxygen atoms in total. The predicted molar refractivity (Wildman–Crippen MR) is 115 cm³/mol. The summed E-state index contributed by atoms with van der Waals surface area (Å²) in [5, 5.41) is 0. The predicted octanol–water partition coefficient (Wildman–Crippen LogP) is 5.13. The Bertz CT molecular complexity index is 841.